The number of nitrogens with one attached hydrogen (secondary N) is 1. The Morgan fingerprint density at radius 3 is 2.29 bits per heavy atom. The van der Waals surface area contributed by atoms with Crippen LogP contribution in [0.2, 0.25) is 0 Å². The van der Waals surface area contributed by atoms with Crippen LogP contribution < -0.4 is 0 Å². The molecule has 0 unspecified atom stereocenters. The van der Waals surface area contributed by atoms with Crippen LogP contribution in [0.4, 0.5) is 0 Å². The van der Waals surface area contributed by atoms with Crippen molar-refractivity contribution in [2.24, 2.45) is 0 Å². The minimum atomic E-state index is 1.17. The molecule has 2 rings (SSSR count). The lowest BCUT2D eigenvalue weighted by Crippen LogP contribution is -1.85. The maximum absolute atomic E-state index is 3.57. The summed E-state index contributed by atoms with van der Waals surface area (Å²) in [5.41, 5.74) is 4.96. The van der Waals surface area contributed by atoms with Gasteiger partial charge in [0.15, 0.2) is 0 Å². The van der Waals surface area contributed by atoms with E-state index in [9.17, 15) is 0 Å². The van der Waals surface area contributed by atoms with Gasteiger partial charge in [-0.15, -0.1) is 0 Å². The number of H-pyrrole nitrogens is 1. The molecule has 14 heavy (non-hydrogen) atoms. The summed E-state index contributed by atoms with van der Waals surface area (Å²) in [5, 5.41) is 0. The lowest BCUT2D eigenvalue weighted by Gasteiger charge is -2.06. The predicted molar refractivity (Wildman–Crippen MR) is 63.4 cm³/mol. The maximum Gasteiger partial charge on any atom is 0.0454 e. The molecule has 1 N–H and O–H groups in total. The minimum Gasteiger partial charge on any atom is -0.361 e. The molecule has 0 aliphatic carbocycles. The second-order valence-electron chi connectivity index (χ2n) is 3.51. The Kier molecular flexibility index (Phi) is 2.46. The topological polar surface area (TPSA) is 15.8 Å². The number of hydrogen-bond donors (Lipinski definition) is 1. The molecule has 1 aromatic heterocycles. The first kappa shape index (κ1) is 9.53. The van der Waals surface area contributed by atoms with Crippen molar-refractivity contribution in [3.05, 3.63) is 46.1 Å². The fourth-order valence-electron chi connectivity index (χ4n) is 1.61. The molecule has 0 radical (unpaired) electrons. The normalized spacial score (nSPS) is 10.5. The number of halogens is 1. The zero-order chi connectivity index (χ0) is 10.1. The van der Waals surface area contributed by atoms with Crippen molar-refractivity contribution < 1.29 is 0 Å². The first-order valence-electron chi connectivity index (χ1n) is 4.59. The average Bonchev–Trinajstić information content (AvgIpc) is 2.66. The first-order valence-corrected chi connectivity index (χ1v) is 5.38. The number of rotatable bonds is 1. The Morgan fingerprint density at radius 1 is 1.14 bits per heavy atom. The number of aryl methyl sites for hydroxylation is 2. The Balaban J connectivity index is 2.57. The third kappa shape index (κ3) is 1.62. The highest BCUT2D eigenvalue weighted by Crippen LogP contribution is 2.27. The molecule has 0 aliphatic heterocycles. The Hall–Kier alpha value is -1.02. The van der Waals surface area contributed by atoms with Gasteiger partial charge >= 0.3 is 0 Å². The van der Waals surface area contributed by atoms with Crippen molar-refractivity contribution in [1.29, 1.82) is 0 Å². The zero-order valence-electron chi connectivity index (χ0n) is 8.26. The van der Waals surface area contributed by atoms with E-state index >= 15 is 0 Å². The number of aromatic amines is 1. The standard InChI is InChI=1S/C12H12BrN/c1-8-6-10(7-9(2)12(8)13)11-4-3-5-14-11/h3-7,14H,1-2H3. The predicted octanol–water partition coefficient (Wildman–Crippen LogP) is 4.06. The van der Waals surface area contributed by atoms with Crippen molar-refractivity contribution in [2.45, 2.75) is 13.8 Å². The molecule has 2 heteroatoms. The van der Waals surface area contributed by atoms with Gasteiger partial charge in [-0.2, -0.15) is 0 Å². The SMILES string of the molecule is Cc1cc(-c2ccc[nH]2)cc(C)c1Br. The molecule has 0 saturated carbocycles. The van der Waals surface area contributed by atoms with Gasteiger partial charge in [0.2, 0.25) is 0 Å². The molecule has 0 aliphatic rings. The van der Waals surface area contributed by atoms with E-state index in [4.69, 9.17) is 0 Å². The second kappa shape index (κ2) is 3.62. The smallest absolute Gasteiger partial charge is 0.0454 e. The Bertz CT molecular complexity index is 420. The molecule has 2 aromatic rings. The van der Waals surface area contributed by atoms with Crippen LogP contribution in [0.25, 0.3) is 11.3 Å². The van der Waals surface area contributed by atoms with Crippen LogP contribution >= 0.6 is 15.9 Å². The molecule has 1 aromatic carbocycles. The minimum absolute atomic E-state index is 1.17. The van der Waals surface area contributed by atoms with Gasteiger partial charge in [-0.25, -0.2) is 0 Å². The number of aromatic nitrogens is 1. The van der Waals surface area contributed by atoms with Crippen molar-refractivity contribution in [3.63, 3.8) is 0 Å². The molecule has 0 saturated heterocycles. The van der Waals surface area contributed by atoms with Gasteiger partial charge in [-0.3, -0.25) is 0 Å². The summed E-state index contributed by atoms with van der Waals surface area (Å²) in [4.78, 5) is 3.21. The Labute approximate surface area is 92.3 Å². The quantitative estimate of drug-likeness (QED) is 0.785. The summed E-state index contributed by atoms with van der Waals surface area (Å²) in [5.74, 6) is 0. The van der Waals surface area contributed by atoms with Crippen LogP contribution in [0, 0.1) is 13.8 Å². The van der Waals surface area contributed by atoms with Gasteiger partial charge in [0, 0.05) is 16.4 Å². The van der Waals surface area contributed by atoms with Crippen LogP contribution in [0.1, 0.15) is 11.1 Å². The van der Waals surface area contributed by atoms with Crippen LogP contribution in [-0.2, 0) is 0 Å². The molecule has 0 atom stereocenters. The summed E-state index contributed by atoms with van der Waals surface area (Å²) in [7, 11) is 0. The highest BCUT2D eigenvalue weighted by Gasteiger charge is 2.04. The van der Waals surface area contributed by atoms with Gasteiger partial charge in [0.05, 0.1) is 0 Å². The molecule has 1 nitrogen and oxygen atoms in total. The van der Waals surface area contributed by atoms with Crippen LogP contribution in [-0.4, -0.2) is 4.98 Å². The summed E-state index contributed by atoms with van der Waals surface area (Å²) in [6.07, 6.45) is 1.95. The van der Waals surface area contributed by atoms with Gasteiger partial charge in [-0.1, -0.05) is 15.9 Å². The molecule has 72 valence electrons. The van der Waals surface area contributed by atoms with Crippen molar-refractivity contribution in [2.75, 3.05) is 0 Å². The van der Waals surface area contributed by atoms with Crippen LogP contribution in [0.3, 0.4) is 0 Å². The van der Waals surface area contributed by atoms with E-state index in [0.29, 0.717) is 0 Å². The third-order valence-electron chi connectivity index (χ3n) is 2.35. The second-order valence-corrected chi connectivity index (χ2v) is 4.30. The van der Waals surface area contributed by atoms with E-state index < -0.39 is 0 Å². The van der Waals surface area contributed by atoms with Gasteiger partial charge in [0.25, 0.3) is 0 Å². The van der Waals surface area contributed by atoms with E-state index in [1.165, 1.54) is 26.9 Å². The fraction of sp³-hybridized carbons (Fsp3) is 0.167. The lowest BCUT2D eigenvalue weighted by atomic mass is 10.1. The van der Waals surface area contributed by atoms with Gasteiger partial charge < -0.3 is 4.98 Å². The van der Waals surface area contributed by atoms with E-state index in [-0.39, 0.29) is 0 Å². The molecule has 0 spiro atoms. The zero-order valence-corrected chi connectivity index (χ0v) is 9.85. The monoisotopic (exact) mass is 249 g/mol. The molecule has 0 amide bonds. The van der Waals surface area contributed by atoms with E-state index in [1.807, 2.05) is 12.3 Å². The lowest BCUT2D eigenvalue weighted by molar-refractivity contribution is 1.32. The average molecular weight is 250 g/mol. The highest BCUT2D eigenvalue weighted by molar-refractivity contribution is 9.10. The first-order chi connectivity index (χ1) is 6.68. The highest BCUT2D eigenvalue weighted by atomic mass is 79.9. The summed E-state index contributed by atoms with van der Waals surface area (Å²) >= 11 is 3.57. The van der Waals surface area contributed by atoms with Crippen molar-refractivity contribution >= 4 is 15.9 Å². The van der Waals surface area contributed by atoms with E-state index in [2.05, 4.69) is 53.0 Å². The molecule has 1 heterocycles. The van der Waals surface area contributed by atoms with Gasteiger partial charge in [0.1, 0.15) is 0 Å². The molecular formula is C12H12BrN. The fourth-order valence-corrected chi connectivity index (χ4v) is 1.84. The third-order valence-corrected chi connectivity index (χ3v) is 3.60. The summed E-state index contributed by atoms with van der Waals surface area (Å²) < 4.78 is 1.20. The van der Waals surface area contributed by atoms with E-state index in [0.717, 1.165) is 0 Å². The number of benzene rings is 1. The van der Waals surface area contributed by atoms with Gasteiger partial charge in [-0.05, 0) is 54.8 Å². The van der Waals surface area contributed by atoms with Crippen LogP contribution in [0.15, 0.2) is 34.9 Å². The molecule has 0 bridgehead atoms. The van der Waals surface area contributed by atoms with Crippen molar-refractivity contribution in [1.82, 2.24) is 4.98 Å². The number of hydrogen-bond acceptors (Lipinski definition) is 0. The van der Waals surface area contributed by atoms with E-state index in [1.54, 1.807) is 0 Å². The maximum atomic E-state index is 3.57. The Morgan fingerprint density at radius 2 is 1.79 bits per heavy atom. The summed E-state index contributed by atoms with van der Waals surface area (Å²) in [6, 6.07) is 8.47. The molecule has 0 fully saturated rings. The largest absolute Gasteiger partial charge is 0.361 e. The van der Waals surface area contributed by atoms with Crippen LogP contribution in [0.5, 0.6) is 0 Å². The summed E-state index contributed by atoms with van der Waals surface area (Å²) in [6.45, 7) is 4.23. The van der Waals surface area contributed by atoms with Crippen molar-refractivity contribution in [3.8, 4) is 11.3 Å². The molecular weight excluding hydrogens is 238 g/mol.